The first kappa shape index (κ1) is 17.7. The summed E-state index contributed by atoms with van der Waals surface area (Å²) in [6.45, 7) is 7.21. The number of aromatic nitrogens is 3. The molecular weight excluding hydrogens is 330 g/mol. The summed E-state index contributed by atoms with van der Waals surface area (Å²) in [5, 5.41) is 4.55. The number of carbonyl (C=O) groups excluding carboxylic acids is 1. The van der Waals surface area contributed by atoms with Gasteiger partial charge in [-0.25, -0.2) is 4.79 Å². The smallest absolute Gasteiger partial charge is 0.428 e. The number of pyridine rings is 1. The molecular formula is C20H21N3O3. The summed E-state index contributed by atoms with van der Waals surface area (Å²) >= 11 is 0. The van der Waals surface area contributed by atoms with E-state index in [1.807, 2.05) is 55.5 Å². The van der Waals surface area contributed by atoms with Crippen LogP contribution in [0.2, 0.25) is 0 Å². The number of rotatable bonds is 3. The van der Waals surface area contributed by atoms with Crippen LogP contribution in [0.3, 0.4) is 0 Å². The molecule has 0 unspecified atom stereocenters. The molecule has 0 fully saturated rings. The van der Waals surface area contributed by atoms with E-state index in [1.165, 1.54) is 0 Å². The van der Waals surface area contributed by atoms with Gasteiger partial charge in [0.05, 0.1) is 22.6 Å². The van der Waals surface area contributed by atoms with Crippen LogP contribution in [0, 0.1) is 6.92 Å². The summed E-state index contributed by atoms with van der Waals surface area (Å²) in [6, 6.07) is 15.0. The highest BCUT2D eigenvalue weighted by Crippen LogP contribution is 2.34. The van der Waals surface area contributed by atoms with E-state index in [4.69, 9.17) is 9.47 Å². The molecule has 0 saturated carbocycles. The van der Waals surface area contributed by atoms with Crippen molar-refractivity contribution in [3.63, 3.8) is 0 Å². The van der Waals surface area contributed by atoms with Gasteiger partial charge >= 0.3 is 6.16 Å². The van der Waals surface area contributed by atoms with E-state index >= 15 is 0 Å². The minimum absolute atomic E-state index is 0.279. The third-order valence-electron chi connectivity index (χ3n) is 3.51. The van der Waals surface area contributed by atoms with Crippen LogP contribution in [0.25, 0.3) is 16.9 Å². The Labute approximate surface area is 152 Å². The fraction of sp³-hybridized carbons (Fsp3) is 0.250. The standard InChI is InChI=1S/C20H21N3O3/c1-14-17(16-12-8-9-13-21-16)18(25-19(24)26-20(2,3)4)23(22-14)15-10-6-5-7-11-15/h5-13H,1-4H3. The zero-order valence-electron chi connectivity index (χ0n) is 15.3. The van der Waals surface area contributed by atoms with Crippen molar-refractivity contribution in [1.29, 1.82) is 0 Å². The molecule has 134 valence electrons. The maximum absolute atomic E-state index is 12.3. The van der Waals surface area contributed by atoms with Gasteiger partial charge in [0.25, 0.3) is 0 Å². The maximum Gasteiger partial charge on any atom is 0.515 e. The summed E-state index contributed by atoms with van der Waals surface area (Å²) in [4.78, 5) is 16.7. The fourth-order valence-corrected chi connectivity index (χ4v) is 2.50. The van der Waals surface area contributed by atoms with Gasteiger partial charge in [-0.2, -0.15) is 9.78 Å². The van der Waals surface area contributed by atoms with Crippen molar-refractivity contribution < 1.29 is 14.3 Å². The number of hydrogen-bond acceptors (Lipinski definition) is 5. The molecule has 3 rings (SSSR count). The monoisotopic (exact) mass is 351 g/mol. The lowest BCUT2D eigenvalue weighted by Gasteiger charge is -2.19. The van der Waals surface area contributed by atoms with Crippen LogP contribution in [-0.4, -0.2) is 26.5 Å². The van der Waals surface area contributed by atoms with Crippen LogP contribution in [0.5, 0.6) is 5.88 Å². The van der Waals surface area contributed by atoms with E-state index in [0.717, 1.165) is 5.69 Å². The predicted molar refractivity (Wildman–Crippen MR) is 98.4 cm³/mol. The van der Waals surface area contributed by atoms with Gasteiger partial charge in [-0.05, 0) is 52.0 Å². The molecule has 0 aliphatic heterocycles. The van der Waals surface area contributed by atoms with Crippen LogP contribution in [0.15, 0.2) is 54.7 Å². The molecule has 0 bridgehead atoms. The highest BCUT2D eigenvalue weighted by molar-refractivity contribution is 5.74. The molecule has 1 aromatic carbocycles. The van der Waals surface area contributed by atoms with Crippen molar-refractivity contribution >= 4 is 6.16 Å². The van der Waals surface area contributed by atoms with Crippen molar-refractivity contribution in [1.82, 2.24) is 14.8 Å². The summed E-state index contributed by atoms with van der Waals surface area (Å²) in [7, 11) is 0. The largest absolute Gasteiger partial charge is 0.515 e. The van der Waals surface area contributed by atoms with Gasteiger partial charge in [0.1, 0.15) is 5.60 Å². The van der Waals surface area contributed by atoms with E-state index in [2.05, 4.69) is 10.1 Å². The number of para-hydroxylation sites is 1. The topological polar surface area (TPSA) is 66.2 Å². The van der Waals surface area contributed by atoms with Crippen LogP contribution in [-0.2, 0) is 4.74 Å². The van der Waals surface area contributed by atoms with Gasteiger partial charge in [-0.15, -0.1) is 0 Å². The maximum atomic E-state index is 12.3. The zero-order chi connectivity index (χ0) is 18.7. The van der Waals surface area contributed by atoms with Gasteiger partial charge in [-0.1, -0.05) is 24.3 Å². The average Bonchev–Trinajstić information content (AvgIpc) is 2.91. The molecule has 0 N–H and O–H groups in total. The lowest BCUT2D eigenvalue weighted by atomic mass is 10.1. The first-order valence-corrected chi connectivity index (χ1v) is 8.32. The number of hydrogen-bond donors (Lipinski definition) is 0. The lowest BCUT2D eigenvalue weighted by molar-refractivity contribution is 0.0193. The molecule has 2 heterocycles. The summed E-state index contributed by atoms with van der Waals surface area (Å²) < 4.78 is 12.5. The fourth-order valence-electron chi connectivity index (χ4n) is 2.50. The van der Waals surface area contributed by atoms with Crippen LogP contribution < -0.4 is 4.74 Å². The molecule has 0 amide bonds. The van der Waals surface area contributed by atoms with Gasteiger partial charge < -0.3 is 9.47 Å². The molecule has 26 heavy (non-hydrogen) atoms. The third-order valence-corrected chi connectivity index (χ3v) is 3.51. The van der Waals surface area contributed by atoms with Crippen molar-refractivity contribution in [2.24, 2.45) is 0 Å². The van der Waals surface area contributed by atoms with Crippen molar-refractivity contribution in [2.45, 2.75) is 33.3 Å². The molecule has 0 atom stereocenters. The van der Waals surface area contributed by atoms with Crippen molar-refractivity contribution in [3.8, 4) is 22.8 Å². The quantitative estimate of drug-likeness (QED) is 0.647. The van der Waals surface area contributed by atoms with Gasteiger partial charge in [0.15, 0.2) is 0 Å². The van der Waals surface area contributed by atoms with E-state index in [-0.39, 0.29) is 5.88 Å². The Kier molecular flexibility index (Phi) is 4.75. The Bertz CT molecular complexity index is 897. The molecule has 6 nitrogen and oxygen atoms in total. The normalized spacial score (nSPS) is 11.2. The van der Waals surface area contributed by atoms with E-state index in [1.54, 1.807) is 31.6 Å². The van der Waals surface area contributed by atoms with Crippen molar-refractivity contribution in [2.75, 3.05) is 0 Å². The van der Waals surface area contributed by atoms with Crippen molar-refractivity contribution in [3.05, 3.63) is 60.4 Å². The first-order chi connectivity index (χ1) is 12.3. The number of ether oxygens (including phenoxy) is 2. The predicted octanol–water partition coefficient (Wildman–Crippen LogP) is 4.56. The molecule has 3 aromatic rings. The molecule has 0 radical (unpaired) electrons. The Balaban J connectivity index is 2.10. The molecule has 0 aliphatic rings. The third kappa shape index (κ3) is 3.91. The molecule has 6 heteroatoms. The first-order valence-electron chi connectivity index (χ1n) is 8.32. The Morgan fingerprint density at radius 1 is 1.04 bits per heavy atom. The number of carbonyl (C=O) groups is 1. The second kappa shape index (κ2) is 7.00. The molecule has 0 aliphatic carbocycles. The molecule has 0 saturated heterocycles. The number of nitrogens with zero attached hydrogens (tertiary/aromatic N) is 3. The minimum atomic E-state index is -0.785. The number of aryl methyl sites for hydroxylation is 1. The summed E-state index contributed by atoms with van der Waals surface area (Å²) in [6.07, 6.45) is 0.901. The Morgan fingerprint density at radius 2 is 1.73 bits per heavy atom. The molecule has 0 spiro atoms. The highest BCUT2D eigenvalue weighted by atomic mass is 16.7. The SMILES string of the molecule is Cc1nn(-c2ccccc2)c(OC(=O)OC(C)(C)C)c1-c1ccccn1. The summed E-state index contributed by atoms with van der Waals surface area (Å²) in [5.41, 5.74) is 2.14. The number of benzene rings is 1. The van der Waals surface area contributed by atoms with Gasteiger partial charge in [0, 0.05) is 6.20 Å². The zero-order valence-corrected chi connectivity index (χ0v) is 15.3. The minimum Gasteiger partial charge on any atom is -0.428 e. The second-order valence-corrected chi connectivity index (χ2v) is 6.79. The van der Waals surface area contributed by atoms with E-state index < -0.39 is 11.8 Å². The molecule has 2 aromatic heterocycles. The Hall–Kier alpha value is -3.15. The van der Waals surface area contributed by atoms with Crippen LogP contribution in [0.4, 0.5) is 4.79 Å². The van der Waals surface area contributed by atoms with Gasteiger partial charge in [-0.3, -0.25) is 4.98 Å². The summed E-state index contributed by atoms with van der Waals surface area (Å²) in [5.74, 6) is 0.279. The van der Waals surface area contributed by atoms with E-state index in [0.29, 0.717) is 17.0 Å². The van der Waals surface area contributed by atoms with E-state index in [9.17, 15) is 4.79 Å². The van der Waals surface area contributed by atoms with Crippen LogP contribution in [0.1, 0.15) is 26.5 Å². The van der Waals surface area contributed by atoms with Crippen LogP contribution >= 0.6 is 0 Å². The second-order valence-electron chi connectivity index (χ2n) is 6.79. The van der Waals surface area contributed by atoms with Gasteiger partial charge in [0.2, 0.25) is 5.88 Å². The average molecular weight is 351 g/mol. The lowest BCUT2D eigenvalue weighted by Crippen LogP contribution is -2.26. The highest BCUT2D eigenvalue weighted by Gasteiger charge is 2.25. The Morgan fingerprint density at radius 3 is 2.35 bits per heavy atom.